The molecule has 0 bridgehead atoms. The van der Waals surface area contributed by atoms with Crippen molar-refractivity contribution >= 4 is 27.7 Å². The Labute approximate surface area is 143 Å². The monoisotopic (exact) mass is 408 g/mol. The van der Waals surface area contributed by atoms with Gasteiger partial charge in [0.05, 0.1) is 5.56 Å². The molecule has 0 saturated heterocycles. The number of benzene rings is 1. The summed E-state index contributed by atoms with van der Waals surface area (Å²) in [5, 5.41) is 5.76. The van der Waals surface area contributed by atoms with E-state index in [-0.39, 0.29) is 16.9 Å². The number of alkyl halides is 3. The molecule has 0 unspecified atom stereocenters. The minimum Gasteiger partial charge on any atom is -0.358 e. The highest BCUT2D eigenvalue weighted by molar-refractivity contribution is 9.10. The van der Waals surface area contributed by atoms with E-state index in [1.165, 1.54) is 12.1 Å². The summed E-state index contributed by atoms with van der Waals surface area (Å²) in [4.78, 5) is 11.3. The number of hydrogen-bond acceptors (Lipinski definition) is 3. The zero-order chi connectivity index (χ0) is 18.3. The van der Waals surface area contributed by atoms with Crippen molar-refractivity contribution in [2.45, 2.75) is 32.4 Å². The molecule has 4 nitrogen and oxygen atoms in total. The lowest BCUT2D eigenvalue weighted by Gasteiger charge is -2.26. The summed E-state index contributed by atoms with van der Waals surface area (Å²) >= 11 is 3.08. The number of rotatable bonds is 3. The Morgan fingerprint density at radius 1 is 1.29 bits per heavy atom. The molecule has 1 aromatic heterocycles. The van der Waals surface area contributed by atoms with Crippen LogP contribution in [0.15, 0.2) is 27.2 Å². The minimum absolute atomic E-state index is 0.157. The van der Waals surface area contributed by atoms with Crippen molar-refractivity contribution in [3.8, 4) is 11.1 Å². The van der Waals surface area contributed by atoms with E-state index in [2.05, 4.69) is 26.4 Å². The zero-order valence-electron chi connectivity index (χ0n) is 12.9. The summed E-state index contributed by atoms with van der Waals surface area (Å²) in [6, 6.07) is 3.85. The lowest BCUT2D eigenvalue weighted by molar-refractivity contribution is -0.185. The van der Waals surface area contributed by atoms with E-state index in [1.807, 2.05) is 0 Å². The first-order valence-corrected chi connectivity index (χ1v) is 7.54. The van der Waals surface area contributed by atoms with Crippen LogP contribution in [0.25, 0.3) is 11.1 Å². The van der Waals surface area contributed by atoms with E-state index in [1.54, 1.807) is 0 Å². The Morgan fingerprint density at radius 3 is 2.42 bits per heavy atom. The Morgan fingerprint density at radius 2 is 1.92 bits per heavy atom. The number of amides is 1. The average Bonchev–Trinajstić information content (AvgIpc) is 2.80. The summed E-state index contributed by atoms with van der Waals surface area (Å²) in [5.41, 5.74) is -2.83. The third-order valence-electron chi connectivity index (χ3n) is 3.46. The van der Waals surface area contributed by atoms with Crippen LogP contribution in [0.5, 0.6) is 0 Å². The molecule has 0 aliphatic carbocycles. The topological polar surface area (TPSA) is 55.1 Å². The van der Waals surface area contributed by atoms with Gasteiger partial charge >= 0.3 is 6.18 Å². The number of carbonyl (C=O) groups is 1. The maximum absolute atomic E-state index is 14.3. The maximum Gasteiger partial charge on any atom is 0.401 e. The van der Waals surface area contributed by atoms with Crippen molar-refractivity contribution in [3.05, 3.63) is 34.2 Å². The Hall–Kier alpha value is -1.90. The van der Waals surface area contributed by atoms with Crippen molar-refractivity contribution in [2.75, 3.05) is 5.32 Å². The van der Waals surface area contributed by atoms with Gasteiger partial charge in [0.1, 0.15) is 11.2 Å². The predicted octanol–water partition coefficient (Wildman–Crippen LogP) is 5.04. The molecule has 0 fully saturated rings. The van der Waals surface area contributed by atoms with E-state index in [4.69, 9.17) is 4.52 Å². The standard InChI is InChI=1S/C15H13BrF4N2O2/c1-7(23)21-13-11(9-5-4-8(16)6-10(9)17)12(24-22-13)14(2,3)15(18,19)20/h4-6H,1-3H3,(H,21,22,23). The summed E-state index contributed by atoms with van der Waals surface area (Å²) in [5.74, 6) is -2.20. The van der Waals surface area contributed by atoms with Crippen molar-refractivity contribution < 1.29 is 26.9 Å². The summed E-state index contributed by atoms with van der Waals surface area (Å²) in [7, 11) is 0. The van der Waals surface area contributed by atoms with Crippen LogP contribution in [0.2, 0.25) is 0 Å². The highest BCUT2D eigenvalue weighted by atomic mass is 79.9. The first kappa shape index (κ1) is 18.4. The molecule has 0 spiro atoms. The van der Waals surface area contributed by atoms with Crippen LogP contribution in [-0.2, 0) is 10.2 Å². The Balaban J connectivity index is 2.75. The fourth-order valence-corrected chi connectivity index (χ4v) is 2.37. The van der Waals surface area contributed by atoms with Crippen LogP contribution in [0.3, 0.4) is 0 Å². The van der Waals surface area contributed by atoms with Crippen LogP contribution in [0.1, 0.15) is 26.5 Å². The molecule has 0 aliphatic rings. The van der Waals surface area contributed by atoms with Gasteiger partial charge < -0.3 is 9.84 Å². The Kier molecular flexibility index (Phi) is 4.76. The average molecular weight is 409 g/mol. The summed E-state index contributed by atoms with van der Waals surface area (Å²) in [6.45, 7) is 2.95. The molecule has 130 valence electrons. The zero-order valence-corrected chi connectivity index (χ0v) is 14.5. The second-order valence-corrected chi connectivity index (χ2v) is 6.58. The lowest BCUT2D eigenvalue weighted by atomic mass is 9.85. The van der Waals surface area contributed by atoms with Crippen molar-refractivity contribution in [3.63, 3.8) is 0 Å². The van der Waals surface area contributed by atoms with Crippen LogP contribution in [-0.4, -0.2) is 17.2 Å². The maximum atomic E-state index is 14.3. The van der Waals surface area contributed by atoms with Gasteiger partial charge in [-0.25, -0.2) is 4.39 Å². The predicted molar refractivity (Wildman–Crippen MR) is 83.0 cm³/mol. The lowest BCUT2D eigenvalue weighted by Crippen LogP contribution is -2.36. The highest BCUT2D eigenvalue weighted by Gasteiger charge is 2.53. The third-order valence-corrected chi connectivity index (χ3v) is 3.96. The molecule has 0 aliphatic heterocycles. The minimum atomic E-state index is -4.67. The van der Waals surface area contributed by atoms with E-state index in [0.29, 0.717) is 4.47 Å². The molecule has 0 atom stereocenters. The smallest absolute Gasteiger partial charge is 0.358 e. The second kappa shape index (κ2) is 6.19. The Bertz CT molecular complexity index is 784. The van der Waals surface area contributed by atoms with Gasteiger partial charge in [-0.2, -0.15) is 13.2 Å². The molecule has 2 aromatic rings. The molecule has 1 aromatic carbocycles. The molecule has 0 saturated carbocycles. The number of aromatic nitrogens is 1. The van der Waals surface area contributed by atoms with Gasteiger partial charge in [-0.05, 0) is 26.0 Å². The summed E-state index contributed by atoms with van der Waals surface area (Å²) < 4.78 is 59.7. The molecular weight excluding hydrogens is 396 g/mol. The number of anilines is 1. The second-order valence-electron chi connectivity index (χ2n) is 5.66. The first-order chi connectivity index (χ1) is 10.9. The molecule has 0 radical (unpaired) electrons. The quantitative estimate of drug-likeness (QED) is 0.723. The van der Waals surface area contributed by atoms with E-state index in [0.717, 1.165) is 26.8 Å². The summed E-state index contributed by atoms with van der Waals surface area (Å²) in [6.07, 6.45) is -4.67. The number of carbonyl (C=O) groups excluding carboxylic acids is 1. The van der Waals surface area contributed by atoms with Gasteiger partial charge in [0.2, 0.25) is 5.91 Å². The van der Waals surface area contributed by atoms with E-state index >= 15 is 0 Å². The van der Waals surface area contributed by atoms with Gasteiger partial charge in [0.25, 0.3) is 0 Å². The van der Waals surface area contributed by atoms with Crippen LogP contribution in [0, 0.1) is 5.82 Å². The largest absolute Gasteiger partial charge is 0.401 e. The normalized spacial score (nSPS) is 12.3. The molecule has 1 amide bonds. The first-order valence-electron chi connectivity index (χ1n) is 6.75. The van der Waals surface area contributed by atoms with Crippen molar-refractivity contribution in [1.29, 1.82) is 0 Å². The molecule has 1 N–H and O–H groups in total. The molecule has 2 rings (SSSR count). The SMILES string of the molecule is CC(=O)Nc1noc(C(C)(C)C(F)(F)F)c1-c1ccc(Br)cc1F. The van der Waals surface area contributed by atoms with Gasteiger partial charge in [-0.3, -0.25) is 4.79 Å². The fourth-order valence-electron chi connectivity index (χ4n) is 2.04. The van der Waals surface area contributed by atoms with Crippen LogP contribution < -0.4 is 5.32 Å². The third kappa shape index (κ3) is 3.31. The number of halogens is 5. The molecule has 24 heavy (non-hydrogen) atoms. The van der Waals surface area contributed by atoms with Gasteiger partial charge in [0, 0.05) is 17.0 Å². The van der Waals surface area contributed by atoms with Crippen molar-refractivity contribution in [1.82, 2.24) is 5.16 Å². The van der Waals surface area contributed by atoms with E-state index < -0.39 is 29.1 Å². The number of nitrogens with one attached hydrogen (secondary N) is 1. The number of nitrogens with zero attached hydrogens (tertiary/aromatic N) is 1. The van der Waals surface area contributed by atoms with Crippen molar-refractivity contribution in [2.24, 2.45) is 0 Å². The molecule has 1 heterocycles. The number of hydrogen-bond donors (Lipinski definition) is 1. The van der Waals surface area contributed by atoms with E-state index in [9.17, 15) is 22.4 Å². The molecular formula is C15H13BrF4N2O2. The highest BCUT2D eigenvalue weighted by Crippen LogP contribution is 2.47. The molecule has 9 heteroatoms. The van der Waals surface area contributed by atoms with Crippen LogP contribution in [0.4, 0.5) is 23.4 Å². The van der Waals surface area contributed by atoms with Gasteiger partial charge in [-0.1, -0.05) is 27.2 Å². The van der Waals surface area contributed by atoms with Crippen LogP contribution >= 0.6 is 15.9 Å². The van der Waals surface area contributed by atoms with Gasteiger partial charge in [0.15, 0.2) is 11.6 Å². The van der Waals surface area contributed by atoms with Gasteiger partial charge in [-0.15, -0.1) is 0 Å². The fraction of sp³-hybridized carbons (Fsp3) is 0.333.